The first kappa shape index (κ1) is 27.8. The lowest BCUT2D eigenvalue weighted by Crippen LogP contribution is -2.23. The Morgan fingerprint density at radius 1 is 1.14 bits per heavy atom. The fraction of sp³-hybridized carbons (Fsp3) is 0.370. The van der Waals surface area contributed by atoms with Gasteiger partial charge in [0.25, 0.3) is 5.91 Å². The van der Waals surface area contributed by atoms with Crippen LogP contribution >= 0.6 is 0 Å². The molecule has 7 nitrogen and oxygen atoms in total. The first-order chi connectivity index (χ1) is 17.2. The number of hydrogen-bond donors (Lipinski definition) is 2. The first-order valence-electron chi connectivity index (χ1n) is 11.6. The van der Waals surface area contributed by atoms with Crippen LogP contribution in [0.2, 0.25) is 0 Å². The molecule has 0 aliphatic heterocycles. The molecule has 0 aliphatic carbocycles. The van der Waals surface area contributed by atoms with E-state index < -0.39 is 34.4 Å². The molecule has 3 rings (SSSR count). The van der Waals surface area contributed by atoms with E-state index in [-0.39, 0.29) is 31.0 Å². The molecule has 0 unspecified atom stereocenters. The lowest BCUT2D eigenvalue weighted by Gasteiger charge is -2.20. The molecule has 2 N–H and O–H groups in total. The number of amides is 1. The summed E-state index contributed by atoms with van der Waals surface area (Å²) in [5.41, 5.74) is 0.300. The fourth-order valence-corrected chi connectivity index (χ4v) is 3.77. The number of aromatic hydroxyl groups is 1. The minimum Gasteiger partial charge on any atom is -0.506 e. The Balaban J connectivity index is 1.73. The average molecular weight is 518 g/mol. The molecule has 1 heterocycles. The number of ketones is 1. The van der Waals surface area contributed by atoms with Gasteiger partial charge in [0.1, 0.15) is 29.4 Å². The van der Waals surface area contributed by atoms with Crippen molar-refractivity contribution in [3.63, 3.8) is 0 Å². The number of Topliss-reactive ketones (excluding diaryl/α,β-unsaturated/α-hetero) is 1. The molecule has 0 saturated carbocycles. The molecule has 0 fully saturated rings. The zero-order chi connectivity index (χ0) is 27.5. The first-order valence-corrected chi connectivity index (χ1v) is 11.6. The third-order valence-corrected chi connectivity index (χ3v) is 5.59. The van der Waals surface area contributed by atoms with E-state index in [1.54, 1.807) is 56.8 Å². The van der Waals surface area contributed by atoms with E-state index in [9.17, 15) is 27.9 Å². The van der Waals surface area contributed by atoms with Gasteiger partial charge in [0, 0.05) is 26.2 Å². The topological polar surface area (TPSA) is 93.5 Å². The molecular formula is C27H30F3N3O4. The molecule has 0 aliphatic rings. The molecule has 0 atom stereocenters. The lowest BCUT2D eigenvalue weighted by molar-refractivity contribution is -0.140. The van der Waals surface area contributed by atoms with Gasteiger partial charge in [-0.3, -0.25) is 9.59 Å². The second-order valence-corrected chi connectivity index (χ2v) is 10.1. The van der Waals surface area contributed by atoms with E-state index in [4.69, 9.17) is 4.74 Å². The van der Waals surface area contributed by atoms with Crippen molar-refractivity contribution in [2.75, 3.05) is 0 Å². The summed E-state index contributed by atoms with van der Waals surface area (Å²) in [6.07, 6.45) is -1.83. The highest BCUT2D eigenvalue weighted by Gasteiger charge is 2.40. The van der Waals surface area contributed by atoms with Crippen LogP contribution in [0.25, 0.3) is 0 Å². The van der Waals surface area contributed by atoms with Crippen LogP contribution < -0.4 is 10.1 Å². The van der Waals surface area contributed by atoms with Crippen molar-refractivity contribution < 1.29 is 32.6 Å². The maximum atomic E-state index is 13.8. The van der Waals surface area contributed by atoms with Crippen LogP contribution in [-0.4, -0.2) is 26.3 Å². The van der Waals surface area contributed by atoms with Gasteiger partial charge in [0.2, 0.25) is 0 Å². The Morgan fingerprint density at radius 2 is 1.84 bits per heavy atom. The number of ether oxygens (including phenoxy) is 1. The second-order valence-electron chi connectivity index (χ2n) is 10.1. The highest BCUT2D eigenvalue weighted by Crippen LogP contribution is 2.44. The molecule has 198 valence electrons. The Morgan fingerprint density at radius 3 is 2.41 bits per heavy atom. The van der Waals surface area contributed by atoms with Gasteiger partial charge < -0.3 is 19.7 Å². The van der Waals surface area contributed by atoms with Gasteiger partial charge in [-0.2, -0.15) is 13.2 Å². The number of rotatable bonds is 8. The predicted octanol–water partition coefficient (Wildman–Crippen LogP) is 5.58. The van der Waals surface area contributed by atoms with Gasteiger partial charge in [0.15, 0.2) is 5.78 Å². The van der Waals surface area contributed by atoms with Gasteiger partial charge in [-0.05, 0) is 41.2 Å². The van der Waals surface area contributed by atoms with Crippen LogP contribution in [0.3, 0.4) is 0 Å². The lowest BCUT2D eigenvalue weighted by atomic mass is 9.87. The minimum absolute atomic E-state index is 0.0218. The number of phenols is 1. The van der Waals surface area contributed by atoms with Crippen LogP contribution in [0, 0.1) is 12.3 Å². The molecule has 0 saturated heterocycles. The molecule has 0 bridgehead atoms. The summed E-state index contributed by atoms with van der Waals surface area (Å²) < 4.78 is 48.6. The number of aromatic nitrogens is 2. The smallest absolute Gasteiger partial charge is 0.423 e. The SMILES string of the molecule is Cc1cc(COc2ccc(C(=O)CC(C)(C)C)c(O)c2C(F)(F)F)ccc1CNC(=O)c1cn(C)cn1. The van der Waals surface area contributed by atoms with Crippen LogP contribution in [0.4, 0.5) is 13.2 Å². The van der Waals surface area contributed by atoms with Crippen LogP contribution in [0.15, 0.2) is 42.9 Å². The standard InChI is InChI=1S/C27H30F3N3O4/c1-16-10-17(6-7-18(16)12-31-25(36)20-13-33(5)15-32-20)14-37-22-9-8-19(21(34)11-26(2,3)4)24(35)23(22)27(28,29)30/h6-10,13,15,35H,11-12,14H2,1-5H3,(H,31,36). The molecule has 1 aromatic heterocycles. The van der Waals surface area contributed by atoms with Gasteiger partial charge in [-0.1, -0.05) is 39.0 Å². The predicted molar refractivity (Wildman–Crippen MR) is 131 cm³/mol. The van der Waals surface area contributed by atoms with Crippen molar-refractivity contribution >= 4 is 11.7 Å². The quantitative estimate of drug-likeness (QED) is 0.381. The van der Waals surface area contributed by atoms with Crippen molar-refractivity contribution in [3.8, 4) is 11.5 Å². The Labute approximate surface area is 213 Å². The van der Waals surface area contributed by atoms with E-state index in [1.165, 1.54) is 6.33 Å². The third-order valence-electron chi connectivity index (χ3n) is 5.59. The zero-order valence-corrected chi connectivity index (χ0v) is 21.4. The number of hydrogen-bond acceptors (Lipinski definition) is 5. The van der Waals surface area contributed by atoms with Crippen molar-refractivity contribution in [1.82, 2.24) is 14.9 Å². The molecule has 1 amide bonds. The third kappa shape index (κ3) is 7.12. The Kier molecular flexibility index (Phi) is 8.00. The molecule has 2 aromatic carbocycles. The Hall–Kier alpha value is -3.82. The molecule has 10 heteroatoms. The van der Waals surface area contributed by atoms with E-state index in [0.29, 0.717) is 11.3 Å². The number of carbonyl (C=O) groups is 2. The van der Waals surface area contributed by atoms with Gasteiger partial charge >= 0.3 is 6.18 Å². The van der Waals surface area contributed by atoms with Gasteiger partial charge in [-0.15, -0.1) is 0 Å². The summed E-state index contributed by atoms with van der Waals surface area (Å²) in [5.74, 6) is -2.60. The summed E-state index contributed by atoms with van der Waals surface area (Å²) in [5, 5.41) is 13.2. The molecule has 0 radical (unpaired) electrons. The van der Waals surface area contributed by atoms with Crippen LogP contribution in [0.5, 0.6) is 11.5 Å². The fourth-order valence-electron chi connectivity index (χ4n) is 3.77. The summed E-state index contributed by atoms with van der Waals surface area (Å²) in [4.78, 5) is 28.7. The van der Waals surface area contributed by atoms with E-state index in [0.717, 1.165) is 23.3 Å². The number of benzene rings is 2. The summed E-state index contributed by atoms with van der Waals surface area (Å²) in [6.45, 7) is 7.22. The largest absolute Gasteiger partial charge is 0.506 e. The van der Waals surface area contributed by atoms with Crippen molar-refractivity contribution in [2.45, 2.75) is 53.4 Å². The van der Waals surface area contributed by atoms with Crippen LogP contribution in [0.1, 0.15) is 70.3 Å². The zero-order valence-electron chi connectivity index (χ0n) is 21.4. The van der Waals surface area contributed by atoms with Crippen LogP contribution in [-0.2, 0) is 26.4 Å². The molecule has 37 heavy (non-hydrogen) atoms. The van der Waals surface area contributed by atoms with Crippen molar-refractivity contribution in [1.29, 1.82) is 0 Å². The molecule has 0 spiro atoms. The molecular weight excluding hydrogens is 487 g/mol. The van der Waals surface area contributed by atoms with Gasteiger partial charge in [0.05, 0.1) is 11.9 Å². The Bertz CT molecular complexity index is 1310. The van der Waals surface area contributed by atoms with E-state index >= 15 is 0 Å². The average Bonchev–Trinajstić information content (AvgIpc) is 3.21. The number of carbonyl (C=O) groups excluding carboxylic acids is 2. The van der Waals surface area contributed by atoms with Crippen molar-refractivity contribution in [2.24, 2.45) is 12.5 Å². The highest BCUT2D eigenvalue weighted by atomic mass is 19.4. The number of nitrogens with one attached hydrogen (secondary N) is 1. The number of aryl methyl sites for hydroxylation is 2. The number of nitrogens with zero attached hydrogens (tertiary/aromatic N) is 2. The van der Waals surface area contributed by atoms with Gasteiger partial charge in [-0.25, -0.2) is 4.98 Å². The number of halogens is 3. The van der Waals surface area contributed by atoms with E-state index in [2.05, 4.69) is 10.3 Å². The highest BCUT2D eigenvalue weighted by molar-refractivity contribution is 5.99. The summed E-state index contributed by atoms with van der Waals surface area (Å²) in [7, 11) is 1.76. The summed E-state index contributed by atoms with van der Waals surface area (Å²) in [6, 6.07) is 7.41. The number of phenolic OH excluding ortho intramolecular Hbond substituents is 1. The molecule has 3 aromatic rings. The monoisotopic (exact) mass is 517 g/mol. The normalized spacial score (nSPS) is 11.9. The second kappa shape index (κ2) is 10.7. The minimum atomic E-state index is -4.93. The van der Waals surface area contributed by atoms with E-state index in [1.807, 2.05) is 6.92 Å². The number of alkyl halides is 3. The van der Waals surface area contributed by atoms with Crippen molar-refractivity contribution in [3.05, 3.63) is 76.4 Å². The maximum absolute atomic E-state index is 13.8. The maximum Gasteiger partial charge on any atom is 0.423 e. The summed E-state index contributed by atoms with van der Waals surface area (Å²) >= 11 is 0. The number of imidazole rings is 1.